The Kier molecular flexibility index (Phi) is 5.39. The number of azide groups is 1. The number of hydrogen-bond donors (Lipinski definition) is 0. The number of halogens is 1. The SMILES string of the molecule is CO[C@H](c1ccc(N2CC(=O)N3CCC[C@H]3C2=O)cc1)[C@@H](CF)N=[N+]=[N-]. The highest BCUT2D eigenvalue weighted by Gasteiger charge is 2.42. The summed E-state index contributed by atoms with van der Waals surface area (Å²) < 4.78 is 18.4. The van der Waals surface area contributed by atoms with Gasteiger partial charge in [-0.05, 0) is 36.1 Å². The van der Waals surface area contributed by atoms with E-state index in [1.165, 1.54) is 12.0 Å². The quantitative estimate of drug-likeness (QED) is 0.442. The van der Waals surface area contributed by atoms with Gasteiger partial charge in [0.05, 0.1) is 12.1 Å². The molecule has 2 aliphatic rings. The average molecular weight is 361 g/mol. The Labute approximate surface area is 150 Å². The first-order valence-corrected chi connectivity index (χ1v) is 8.44. The second-order valence-electron chi connectivity index (χ2n) is 6.34. The van der Waals surface area contributed by atoms with Crippen molar-refractivity contribution < 1.29 is 18.7 Å². The number of ether oxygens (including phenoxy) is 1. The molecule has 3 rings (SSSR count). The number of carbonyl (C=O) groups is 2. The highest BCUT2D eigenvalue weighted by atomic mass is 19.1. The first kappa shape index (κ1) is 18.2. The molecular formula is C17H20FN5O3. The van der Waals surface area contributed by atoms with Gasteiger partial charge in [0.25, 0.3) is 0 Å². The molecule has 0 aromatic heterocycles. The normalized spacial score (nSPS) is 22.0. The van der Waals surface area contributed by atoms with Crippen molar-refractivity contribution in [2.45, 2.75) is 31.0 Å². The van der Waals surface area contributed by atoms with Crippen molar-refractivity contribution in [2.75, 3.05) is 31.8 Å². The number of methoxy groups -OCH3 is 1. The summed E-state index contributed by atoms with van der Waals surface area (Å²) in [5.74, 6) is -0.124. The van der Waals surface area contributed by atoms with Gasteiger partial charge in [-0.15, -0.1) is 0 Å². The number of piperazine rings is 1. The van der Waals surface area contributed by atoms with Crippen LogP contribution in [-0.2, 0) is 14.3 Å². The van der Waals surface area contributed by atoms with Crippen LogP contribution in [0.4, 0.5) is 10.1 Å². The molecule has 1 aromatic carbocycles. The lowest BCUT2D eigenvalue weighted by Gasteiger charge is -2.36. The van der Waals surface area contributed by atoms with Gasteiger partial charge < -0.3 is 14.5 Å². The molecule has 0 bridgehead atoms. The predicted molar refractivity (Wildman–Crippen MR) is 92.2 cm³/mol. The second kappa shape index (κ2) is 7.72. The number of fused-ring (bicyclic) bond motifs is 1. The highest BCUT2D eigenvalue weighted by Crippen LogP contribution is 2.30. The molecule has 2 saturated heterocycles. The standard InChI is InChI=1S/C17H20FN5O3/c1-26-16(13(9-18)20-21-19)11-4-6-12(7-5-11)23-10-15(24)22-8-2-3-14(22)17(23)25/h4-7,13-14,16H,2-3,8-10H2,1H3/t13-,14+,16-/m1/s1. The van der Waals surface area contributed by atoms with E-state index in [1.54, 1.807) is 29.2 Å². The summed E-state index contributed by atoms with van der Waals surface area (Å²) in [7, 11) is 1.41. The second-order valence-corrected chi connectivity index (χ2v) is 6.34. The van der Waals surface area contributed by atoms with Crippen molar-refractivity contribution in [1.29, 1.82) is 0 Å². The number of amides is 2. The highest BCUT2D eigenvalue weighted by molar-refractivity contribution is 6.06. The molecule has 0 aliphatic carbocycles. The van der Waals surface area contributed by atoms with Crippen LogP contribution in [0.2, 0.25) is 0 Å². The maximum Gasteiger partial charge on any atom is 0.250 e. The molecule has 138 valence electrons. The third kappa shape index (κ3) is 3.23. The summed E-state index contributed by atoms with van der Waals surface area (Å²) in [5, 5.41) is 3.43. The molecular weight excluding hydrogens is 341 g/mol. The third-order valence-electron chi connectivity index (χ3n) is 4.91. The van der Waals surface area contributed by atoms with Crippen LogP contribution < -0.4 is 4.90 Å². The molecule has 2 heterocycles. The summed E-state index contributed by atoms with van der Waals surface area (Å²) in [6, 6.07) is 5.44. The van der Waals surface area contributed by atoms with E-state index in [1.807, 2.05) is 0 Å². The molecule has 0 unspecified atom stereocenters. The van der Waals surface area contributed by atoms with Crippen molar-refractivity contribution in [3.63, 3.8) is 0 Å². The zero-order chi connectivity index (χ0) is 18.7. The van der Waals surface area contributed by atoms with Crippen LogP contribution in [0.15, 0.2) is 29.4 Å². The maximum absolute atomic E-state index is 13.1. The number of hydrogen-bond acceptors (Lipinski definition) is 4. The van der Waals surface area contributed by atoms with E-state index < -0.39 is 18.8 Å². The van der Waals surface area contributed by atoms with Gasteiger partial charge >= 0.3 is 0 Å². The molecule has 0 spiro atoms. The molecule has 8 nitrogen and oxygen atoms in total. The molecule has 2 fully saturated rings. The molecule has 2 amide bonds. The molecule has 0 N–H and O–H groups in total. The monoisotopic (exact) mass is 361 g/mol. The fraction of sp³-hybridized carbons (Fsp3) is 0.529. The Morgan fingerprint density at radius 1 is 1.38 bits per heavy atom. The minimum atomic E-state index is -0.971. The number of nitrogens with zero attached hydrogens (tertiary/aromatic N) is 5. The van der Waals surface area contributed by atoms with E-state index in [9.17, 15) is 14.0 Å². The van der Waals surface area contributed by atoms with Crippen LogP contribution in [0.5, 0.6) is 0 Å². The largest absolute Gasteiger partial charge is 0.376 e. The van der Waals surface area contributed by atoms with Crippen LogP contribution >= 0.6 is 0 Å². The molecule has 0 saturated carbocycles. The smallest absolute Gasteiger partial charge is 0.250 e. The fourth-order valence-electron chi connectivity index (χ4n) is 3.62. The first-order valence-electron chi connectivity index (χ1n) is 8.44. The van der Waals surface area contributed by atoms with Gasteiger partial charge in [-0.3, -0.25) is 14.0 Å². The summed E-state index contributed by atoms with van der Waals surface area (Å²) in [6.07, 6.45) is 0.804. The molecule has 1 aromatic rings. The first-order chi connectivity index (χ1) is 12.6. The Bertz CT molecular complexity index is 734. The van der Waals surface area contributed by atoms with Gasteiger partial charge in [-0.1, -0.05) is 17.2 Å². The zero-order valence-electron chi connectivity index (χ0n) is 14.4. The van der Waals surface area contributed by atoms with Gasteiger partial charge in [0, 0.05) is 24.3 Å². The molecule has 3 atom stereocenters. The van der Waals surface area contributed by atoms with Crippen molar-refractivity contribution >= 4 is 17.5 Å². The Morgan fingerprint density at radius 2 is 2.12 bits per heavy atom. The summed E-state index contributed by atoms with van der Waals surface area (Å²) in [6.45, 7) is -0.184. The minimum absolute atomic E-state index is 0.0220. The summed E-state index contributed by atoms with van der Waals surface area (Å²) in [4.78, 5) is 30.7. The van der Waals surface area contributed by atoms with Crippen molar-refractivity contribution in [3.8, 4) is 0 Å². The molecule has 26 heavy (non-hydrogen) atoms. The number of carbonyl (C=O) groups excluding carboxylic acids is 2. The summed E-state index contributed by atoms with van der Waals surface area (Å²) >= 11 is 0. The van der Waals surface area contributed by atoms with Crippen molar-refractivity contribution in [1.82, 2.24) is 4.90 Å². The van der Waals surface area contributed by atoms with E-state index in [0.29, 0.717) is 24.2 Å². The topological polar surface area (TPSA) is 98.6 Å². The molecule has 2 aliphatic heterocycles. The van der Waals surface area contributed by atoms with E-state index >= 15 is 0 Å². The van der Waals surface area contributed by atoms with Crippen LogP contribution in [0.3, 0.4) is 0 Å². The van der Waals surface area contributed by atoms with E-state index in [0.717, 1.165) is 6.42 Å². The van der Waals surface area contributed by atoms with Crippen LogP contribution in [-0.4, -0.2) is 55.7 Å². The third-order valence-corrected chi connectivity index (χ3v) is 4.91. The number of alkyl halides is 1. The Balaban J connectivity index is 1.81. The number of benzene rings is 1. The van der Waals surface area contributed by atoms with E-state index in [4.69, 9.17) is 10.3 Å². The average Bonchev–Trinajstić information content (AvgIpc) is 3.16. The van der Waals surface area contributed by atoms with Crippen molar-refractivity contribution in [2.24, 2.45) is 5.11 Å². The lowest BCUT2D eigenvalue weighted by molar-refractivity contribution is -0.140. The van der Waals surface area contributed by atoms with E-state index in [2.05, 4.69) is 10.0 Å². The van der Waals surface area contributed by atoms with Gasteiger partial charge in [-0.25, -0.2) is 0 Å². The number of anilines is 1. The summed E-state index contributed by atoms with van der Waals surface area (Å²) in [5.41, 5.74) is 9.79. The van der Waals surface area contributed by atoms with Gasteiger partial charge in [0.1, 0.15) is 19.3 Å². The number of rotatable bonds is 6. The Hall–Kier alpha value is -2.64. The van der Waals surface area contributed by atoms with Gasteiger partial charge in [0.2, 0.25) is 11.8 Å². The minimum Gasteiger partial charge on any atom is -0.376 e. The molecule has 0 radical (unpaired) electrons. The van der Waals surface area contributed by atoms with Crippen LogP contribution in [0, 0.1) is 0 Å². The maximum atomic E-state index is 13.1. The van der Waals surface area contributed by atoms with E-state index in [-0.39, 0.29) is 24.4 Å². The predicted octanol–water partition coefficient (Wildman–Crippen LogP) is 2.36. The van der Waals surface area contributed by atoms with Crippen LogP contribution in [0.25, 0.3) is 10.4 Å². The lowest BCUT2D eigenvalue weighted by atomic mass is 10.0. The van der Waals surface area contributed by atoms with Gasteiger partial charge in [0.15, 0.2) is 0 Å². The zero-order valence-corrected chi connectivity index (χ0v) is 14.4. The van der Waals surface area contributed by atoms with Crippen molar-refractivity contribution in [3.05, 3.63) is 40.3 Å². The van der Waals surface area contributed by atoms with Crippen LogP contribution in [0.1, 0.15) is 24.5 Å². The van der Waals surface area contributed by atoms with Gasteiger partial charge in [-0.2, -0.15) is 0 Å². The Morgan fingerprint density at radius 3 is 2.73 bits per heavy atom. The molecule has 9 heteroatoms. The fourth-order valence-corrected chi connectivity index (χ4v) is 3.62. The lowest BCUT2D eigenvalue weighted by Crippen LogP contribution is -2.57.